The van der Waals surface area contributed by atoms with Gasteiger partial charge in [0.05, 0.1) is 68.6 Å². The van der Waals surface area contributed by atoms with Crippen molar-refractivity contribution in [3.05, 3.63) is 102 Å². The molecular weight excluding hydrogens is 941 g/mol. The molecule has 72 heavy (non-hydrogen) atoms. The van der Waals surface area contributed by atoms with E-state index >= 15 is 0 Å². The van der Waals surface area contributed by atoms with E-state index in [2.05, 4.69) is 47.0 Å². The number of hydrogen-bond acceptors (Lipinski definition) is 13. The SMILES string of the molecule is C=CCOC(=O)N1CC2CC(c3ccc(COC(C)=O)cc3)=CN2C(=O)c2cc(OC)c(OCCCOc3cc4c(cc3OC)C(=O)N3CC5(CC5)C[C@@H]3C(O[Si](C)(C)C(C)(C)C)N4C(=O)OCC=C)cc21. The highest BCUT2D eigenvalue weighted by atomic mass is 28.4. The Morgan fingerprint density at radius 2 is 1.40 bits per heavy atom. The van der Waals surface area contributed by atoms with Gasteiger partial charge >= 0.3 is 18.2 Å². The first-order valence-electron chi connectivity index (χ1n) is 24.4. The fraction of sp³-hybridized carbons (Fsp3) is 0.463. The van der Waals surface area contributed by atoms with Crippen molar-refractivity contribution in [1.29, 1.82) is 0 Å². The second-order valence-electron chi connectivity index (χ2n) is 20.5. The Bertz CT molecular complexity index is 2660. The summed E-state index contributed by atoms with van der Waals surface area (Å²) >= 11 is 0. The Kier molecular flexibility index (Phi) is 14.9. The lowest BCUT2D eigenvalue weighted by Gasteiger charge is -2.44. The van der Waals surface area contributed by atoms with Gasteiger partial charge in [-0.3, -0.25) is 19.3 Å². The summed E-state index contributed by atoms with van der Waals surface area (Å²) in [7, 11) is 0.406. The second kappa shape index (κ2) is 20.7. The molecule has 384 valence electrons. The molecule has 5 aliphatic rings. The van der Waals surface area contributed by atoms with Gasteiger partial charge in [-0.15, -0.1) is 0 Å². The van der Waals surface area contributed by atoms with Crippen LogP contribution in [0.3, 0.4) is 0 Å². The van der Waals surface area contributed by atoms with E-state index in [9.17, 15) is 24.0 Å². The summed E-state index contributed by atoms with van der Waals surface area (Å²) in [6.07, 6.45) is 6.16. The third kappa shape index (κ3) is 10.4. The number of amides is 4. The maximum Gasteiger partial charge on any atom is 0.416 e. The zero-order chi connectivity index (χ0) is 51.7. The molecule has 4 amide bonds. The summed E-state index contributed by atoms with van der Waals surface area (Å²) in [5.74, 6) is 0.244. The number of fused-ring (bicyclic) bond motifs is 4. The molecule has 1 spiro atoms. The number of anilines is 2. The third-order valence-electron chi connectivity index (χ3n) is 14.6. The Morgan fingerprint density at radius 3 is 1.97 bits per heavy atom. The van der Waals surface area contributed by atoms with E-state index in [-0.39, 0.29) is 90.4 Å². The van der Waals surface area contributed by atoms with Crippen molar-refractivity contribution in [1.82, 2.24) is 9.80 Å². The quantitative estimate of drug-likeness (QED) is 0.0412. The van der Waals surface area contributed by atoms with Crippen LogP contribution >= 0.6 is 0 Å². The molecule has 3 aromatic rings. The fourth-order valence-electron chi connectivity index (χ4n) is 9.50. The smallest absolute Gasteiger partial charge is 0.416 e. The van der Waals surface area contributed by atoms with Crippen LogP contribution in [0.15, 0.2) is 80.0 Å². The second-order valence-corrected chi connectivity index (χ2v) is 25.2. The van der Waals surface area contributed by atoms with Crippen LogP contribution in [0.2, 0.25) is 18.1 Å². The van der Waals surface area contributed by atoms with Gasteiger partial charge in [-0.05, 0) is 78.1 Å². The van der Waals surface area contributed by atoms with E-state index in [1.165, 1.54) is 43.1 Å². The topological polar surface area (TPSA) is 172 Å². The first-order valence-corrected chi connectivity index (χ1v) is 27.3. The minimum absolute atomic E-state index is 0.0000128. The summed E-state index contributed by atoms with van der Waals surface area (Å²) in [5, 5.41) is -0.207. The lowest BCUT2D eigenvalue weighted by atomic mass is 10.0. The number of rotatable bonds is 17. The molecule has 4 heterocycles. The largest absolute Gasteiger partial charge is 0.493 e. The molecule has 0 N–H and O–H groups in total. The van der Waals surface area contributed by atoms with Crippen LogP contribution in [0.1, 0.15) is 91.6 Å². The van der Waals surface area contributed by atoms with Crippen molar-refractivity contribution in [2.75, 3.05) is 63.5 Å². The zero-order valence-corrected chi connectivity index (χ0v) is 43.6. The van der Waals surface area contributed by atoms with E-state index in [0.717, 1.165) is 29.5 Å². The van der Waals surface area contributed by atoms with Gasteiger partial charge in [0.15, 0.2) is 37.5 Å². The van der Waals surface area contributed by atoms with Crippen LogP contribution in [0.4, 0.5) is 21.0 Å². The minimum Gasteiger partial charge on any atom is -0.493 e. The van der Waals surface area contributed by atoms with E-state index in [1.54, 1.807) is 29.2 Å². The van der Waals surface area contributed by atoms with E-state index in [1.807, 2.05) is 35.4 Å². The first kappa shape index (κ1) is 51.6. The molecule has 17 nitrogen and oxygen atoms in total. The molecule has 0 aromatic heterocycles. The standard InChI is InChI=1S/C54H66N4O13Si/c1-11-20-68-51(62)56-31-38-24-37(36-16-14-35(15-17-36)32-70-34(3)59)30-55(38)48(60)39-25-44(64-7)46(27-41(39)56)66-22-13-23-67-47-28-42-40(26-45(47)65-8)49(61)57-33-54(18-19-54)29-43(57)50(58(42)52(63)69-21-12-2)71-72(9,10)53(4,5)6/h11-12,14-17,25-28,30,38,43,50H,1-2,13,18-24,29,31-33H2,3-10H3/t38?,43-,50?/m1/s1. The zero-order valence-electron chi connectivity index (χ0n) is 42.6. The van der Waals surface area contributed by atoms with Gasteiger partial charge in [0, 0.05) is 38.2 Å². The molecule has 8 rings (SSSR count). The first-order chi connectivity index (χ1) is 34.3. The van der Waals surface area contributed by atoms with Crippen molar-refractivity contribution in [2.45, 2.75) is 103 Å². The number of carbonyl (C=O) groups is 5. The lowest BCUT2D eigenvalue weighted by Crippen LogP contribution is -2.58. The number of ether oxygens (including phenoxy) is 7. The molecular formula is C54H66N4O13Si. The highest BCUT2D eigenvalue weighted by molar-refractivity contribution is 6.74. The van der Waals surface area contributed by atoms with E-state index < -0.39 is 38.8 Å². The van der Waals surface area contributed by atoms with Crippen molar-refractivity contribution >= 4 is 55.2 Å². The summed E-state index contributed by atoms with van der Waals surface area (Å²) in [6, 6.07) is 13.2. The van der Waals surface area contributed by atoms with Gasteiger partial charge in [-0.25, -0.2) is 14.5 Å². The predicted molar refractivity (Wildman–Crippen MR) is 272 cm³/mol. The maximum absolute atomic E-state index is 14.7. The van der Waals surface area contributed by atoms with Crippen molar-refractivity contribution in [3.63, 3.8) is 0 Å². The fourth-order valence-corrected chi connectivity index (χ4v) is 10.7. The summed E-state index contributed by atoms with van der Waals surface area (Å²) in [5.41, 5.74) is 3.70. The minimum atomic E-state index is -2.56. The van der Waals surface area contributed by atoms with Crippen LogP contribution in [0, 0.1) is 5.41 Å². The summed E-state index contributed by atoms with van der Waals surface area (Å²) in [6.45, 7) is 20.5. The average molecular weight is 1010 g/mol. The van der Waals surface area contributed by atoms with Crippen molar-refractivity contribution < 1.29 is 61.6 Å². The van der Waals surface area contributed by atoms with Crippen LogP contribution in [-0.2, 0) is 30.0 Å². The molecule has 1 aliphatic carbocycles. The molecule has 18 heteroatoms. The molecule has 4 aliphatic heterocycles. The lowest BCUT2D eigenvalue weighted by molar-refractivity contribution is -0.142. The number of carbonyl (C=O) groups excluding carboxylic acids is 5. The van der Waals surface area contributed by atoms with Gasteiger partial charge in [0.1, 0.15) is 19.8 Å². The number of hydrogen-bond donors (Lipinski definition) is 0. The highest BCUT2D eigenvalue weighted by Crippen LogP contribution is 2.58. The van der Waals surface area contributed by atoms with E-state index in [4.69, 9.17) is 37.6 Å². The normalized spacial score (nSPS) is 19.7. The Morgan fingerprint density at radius 1 is 0.806 bits per heavy atom. The highest BCUT2D eigenvalue weighted by Gasteiger charge is 2.59. The number of benzene rings is 3. The molecule has 2 fully saturated rings. The molecule has 1 saturated heterocycles. The number of esters is 1. The Labute approximate surface area is 422 Å². The van der Waals surface area contributed by atoms with Crippen LogP contribution < -0.4 is 28.7 Å². The molecule has 3 atom stereocenters. The molecule has 1 saturated carbocycles. The molecule has 0 bridgehead atoms. The van der Waals surface area contributed by atoms with Crippen molar-refractivity contribution in [2.24, 2.45) is 5.41 Å². The molecule has 0 radical (unpaired) electrons. The number of methoxy groups -OCH3 is 2. The van der Waals surface area contributed by atoms with Gasteiger partial charge < -0.3 is 47.4 Å². The van der Waals surface area contributed by atoms with Gasteiger partial charge in [-0.2, -0.15) is 0 Å². The van der Waals surface area contributed by atoms with Gasteiger partial charge in [-0.1, -0.05) is 70.3 Å². The monoisotopic (exact) mass is 1010 g/mol. The maximum atomic E-state index is 14.7. The van der Waals surface area contributed by atoms with Crippen molar-refractivity contribution in [3.8, 4) is 23.0 Å². The Hall–Kier alpha value is -6.79. The third-order valence-corrected chi connectivity index (χ3v) is 19.0. The van der Waals surface area contributed by atoms with Crippen LogP contribution in [-0.4, -0.2) is 120 Å². The van der Waals surface area contributed by atoms with E-state index in [0.29, 0.717) is 48.7 Å². The Balaban J connectivity index is 1.03. The van der Waals surface area contributed by atoms with Crippen LogP contribution in [0.25, 0.3) is 5.57 Å². The van der Waals surface area contributed by atoms with Gasteiger partial charge in [0.2, 0.25) is 0 Å². The average Bonchev–Trinajstić information content (AvgIpc) is 3.86. The number of nitrogens with zero attached hydrogens (tertiary/aromatic N) is 4. The molecule has 3 aromatic carbocycles. The predicted octanol–water partition coefficient (Wildman–Crippen LogP) is 9.50. The summed E-state index contributed by atoms with van der Waals surface area (Å²) < 4.78 is 47.9. The molecule has 2 unspecified atom stereocenters. The summed E-state index contributed by atoms with van der Waals surface area (Å²) in [4.78, 5) is 75.0. The van der Waals surface area contributed by atoms with Gasteiger partial charge in [0.25, 0.3) is 11.8 Å². The van der Waals surface area contributed by atoms with Crippen LogP contribution in [0.5, 0.6) is 23.0 Å².